The summed E-state index contributed by atoms with van der Waals surface area (Å²) in [5, 5.41) is 7.71. The van der Waals surface area contributed by atoms with E-state index in [0.717, 1.165) is 22.3 Å². The Labute approximate surface area is 188 Å². The minimum absolute atomic E-state index is 0. The number of guanidine groups is 1. The number of nitrogens with one attached hydrogen (secondary N) is 2. The van der Waals surface area contributed by atoms with Crippen molar-refractivity contribution in [2.24, 2.45) is 10.9 Å². The van der Waals surface area contributed by atoms with Crippen LogP contribution in [0.5, 0.6) is 5.88 Å². The molecule has 11 heteroatoms. The van der Waals surface area contributed by atoms with Crippen LogP contribution >= 0.6 is 35.3 Å². The number of aliphatic imine (C=N–C) groups is 1. The van der Waals surface area contributed by atoms with Gasteiger partial charge < -0.3 is 15.4 Å². The predicted molar refractivity (Wildman–Crippen MR) is 117 cm³/mol. The van der Waals surface area contributed by atoms with Crippen LogP contribution in [0.4, 0.5) is 13.2 Å². The van der Waals surface area contributed by atoms with Crippen LogP contribution in [0.3, 0.4) is 0 Å². The zero-order chi connectivity index (χ0) is 20.0. The number of halogens is 4. The predicted octanol–water partition coefficient (Wildman–Crippen LogP) is 3.87. The van der Waals surface area contributed by atoms with Gasteiger partial charge in [-0.25, -0.2) is 9.97 Å². The van der Waals surface area contributed by atoms with Crippen molar-refractivity contribution in [3.05, 3.63) is 40.0 Å². The van der Waals surface area contributed by atoms with E-state index in [2.05, 4.69) is 25.6 Å². The Morgan fingerprint density at radius 3 is 2.79 bits per heavy atom. The van der Waals surface area contributed by atoms with Gasteiger partial charge in [0.1, 0.15) is 0 Å². The normalized spacial score (nSPS) is 14.3. The minimum Gasteiger partial charge on any atom is -0.477 e. The van der Waals surface area contributed by atoms with Crippen molar-refractivity contribution in [3.63, 3.8) is 0 Å². The van der Waals surface area contributed by atoms with Gasteiger partial charge in [0.2, 0.25) is 5.88 Å². The van der Waals surface area contributed by atoms with Gasteiger partial charge in [-0.15, -0.1) is 35.3 Å². The van der Waals surface area contributed by atoms with Gasteiger partial charge >= 0.3 is 6.18 Å². The van der Waals surface area contributed by atoms with Crippen molar-refractivity contribution >= 4 is 41.3 Å². The lowest BCUT2D eigenvalue weighted by Gasteiger charge is -2.12. The zero-order valence-electron chi connectivity index (χ0n) is 15.8. The monoisotopic (exact) mass is 541 g/mol. The topological polar surface area (TPSA) is 71.4 Å². The number of pyridine rings is 1. The summed E-state index contributed by atoms with van der Waals surface area (Å²) in [5.41, 5.74) is 0.158. The fourth-order valence-electron chi connectivity index (χ4n) is 2.38. The molecule has 0 bridgehead atoms. The molecule has 0 aliphatic heterocycles. The molecule has 6 nitrogen and oxygen atoms in total. The summed E-state index contributed by atoms with van der Waals surface area (Å²) in [6.07, 6.45) is 0.140. The van der Waals surface area contributed by atoms with Gasteiger partial charge in [0.05, 0.1) is 11.6 Å². The number of hydrogen-bond donors (Lipinski definition) is 2. The molecule has 0 aromatic carbocycles. The average Bonchev–Trinajstić information content (AvgIpc) is 3.37. The molecular weight excluding hydrogens is 518 g/mol. The molecule has 2 aromatic rings. The molecule has 0 saturated heterocycles. The highest BCUT2D eigenvalue weighted by Gasteiger charge is 2.33. The van der Waals surface area contributed by atoms with Crippen LogP contribution in [0.15, 0.2) is 28.7 Å². The first-order chi connectivity index (χ1) is 13.4. The summed E-state index contributed by atoms with van der Waals surface area (Å²) >= 11 is 1.01. The molecule has 0 spiro atoms. The lowest BCUT2D eigenvalue weighted by molar-refractivity contribution is -0.140. The number of alkyl halides is 3. The molecule has 2 heterocycles. The largest absolute Gasteiger partial charge is 0.477 e. The Morgan fingerprint density at radius 1 is 1.34 bits per heavy atom. The lowest BCUT2D eigenvalue weighted by atomic mass is 10.2. The smallest absolute Gasteiger partial charge is 0.434 e. The third kappa shape index (κ3) is 7.96. The highest BCUT2D eigenvalue weighted by molar-refractivity contribution is 14.0. The van der Waals surface area contributed by atoms with E-state index >= 15 is 0 Å². The molecule has 29 heavy (non-hydrogen) atoms. The summed E-state index contributed by atoms with van der Waals surface area (Å²) in [4.78, 5) is 11.9. The Bertz CT molecular complexity index is 811. The Kier molecular flexibility index (Phi) is 8.93. The van der Waals surface area contributed by atoms with Crippen molar-refractivity contribution in [2.75, 3.05) is 20.2 Å². The van der Waals surface area contributed by atoms with E-state index in [0.29, 0.717) is 48.9 Å². The van der Waals surface area contributed by atoms with Gasteiger partial charge in [-0.2, -0.15) is 13.2 Å². The summed E-state index contributed by atoms with van der Waals surface area (Å²) < 4.78 is 43.4. The molecule has 3 rings (SSSR count). The molecule has 2 aromatic heterocycles. The number of ether oxygens (including phenoxy) is 1. The average molecular weight is 541 g/mol. The van der Waals surface area contributed by atoms with Gasteiger partial charge in [-0.1, -0.05) is 0 Å². The van der Waals surface area contributed by atoms with Gasteiger partial charge in [0.15, 0.2) is 11.7 Å². The quantitative estimate of drug-likeness (QED) is 0.302. The Morgan fingerprint density at radius 2 is 2.14 bits per heavy atom. The Hall–Kier alpha value is -1.63. The molecule has 0 unspecified atom stereocenters. The number of nitrogens with zero attached hydrogens (tertiary/aromatic N) is 3. The van der Waals surface area contributed by atoms with E-state index < -0.39 is 11.9 Å². The van der Waals surface area contributed by atoms with Gasteiger partial charge in [0.25, 0.3) is 0 Å². The molecule has 160 valence electrons. The summed E-state index contributed by atoms with van der Waals surface area (Å²) in [6, 6.07) is 3.77. The molecule has 1 saturated carbocycles. The molecule has 0 amide bonds. The molecular formula is C18H23F3IN5OS. The van der Waals surface area contributed by atoms with E-state index in [1.54, 1.807) is 13.2 Å². The second-order valence-electron chi connectivity index (χ2n) is 6.48. The summed E-state index contributed by atoms with van der Waals surface area (Å²) in [7, 11) is 1.64. The highest BCUT2D eigenvalue weighted by atomic mass is 127. The maximum Gasteiger partial charge on any atom is 0.434 e. The van der Waals surface area contributed by atoms with Crippen LogP contribution in [-0.4, -0.2) is 36.1 Å². The van der Waals surface area contributed by atoms with Crippen LogP contribution < -0.4 is 15.4 Å². The third-order valence-corrected chi connectivity index (χ3v) is 5.03. The number of rotatable bonds is 8. The van der Waals surface area contributed by atoms with E-state index in [-0.39, 0.29) is 24.0 Å². The number of hydrogen-bond acceptors (Lipinski definition) is 5. The second-order valence-corrected chi connectivity index (χ2v) is 7.43. The summed E-state index contributed by atoms with van der Waals surface area (Å²) in [5.74, 6) is 1.83. The first-order valence-corrected chi connectivity index (χ1v) is 9.86. The fraction of sp³-hybridized carbons (Fsp3) is 0.500. The van der Waals surface area contributed by atoms with E-state index in [1.807, 2.05) is 12.1 Å². The minimum atomic E-state index is -4.40. The van der Waals surface area contributed by atoms with Crippen LogP contribution in [-0.2, 0) is 19.1 Å². The maximum absolute atomic E-state index is 12.6. The first-order valence-electron chi connectivity index (χ1n) is 8.98. The molecule has 2 N–H and O–H groups in total. The maximum atomic E-state index is 12.6. The van der Waals surface area contributed by atoms with Crippen molar-refractivity contribution < 1.29 is 17.9 Å². The molecule has 1 aliphatic rings. The van der Waals surface area contributed by atoms with Crippen molar-refractivity contribution in [1.82, 2.24) is 20.6 Å². The van der Waals surface area contributed by atoms with Crippen LogP contribution in [0.2, 0.25) is 0 Å². The van der Waals surface area contributed by atoms with Crippen molar-refractivity contribution in [2.45, 2.75) is 32.0 Å². The molecule has 1 aliphatic carbocycles. The number of aromatic nitrogens is 2. The lowest BCUT2D eigenvalue weighted by Crippen LogP contribution is -2.37. The summed E-state index contributed by atoms with van der Waals surface area (Å²) in [6.45, 7) is 1.66. The first kappa shape index (κ1) is 23.6. The standard InChI is InChI=1S/C18H22F3N5OS.HI/c1-22-17(24-7-5-16-26-14(11-28-16)18(19,20)21)25-9-13-4-6-23-15(8-13)27-10-12-2-3-12;/h4,6,8,11-12H,2-3,5,7,9-10H2,1H3,(H2,22,24,25);1H. The zero-order valence-corrected chi connectivity index (χ0v) is 19.0. The highest BCUT2D eigenvalue weighted by Crippen LogP contribution is 2.30. The van der Waals surface area contributed by atoms with E-state index in [9.17, 15) is 13.2 Å². The van der Waals surface area contributed by atoms with Crippen molar-refractivity contribution in [1.29, 1.82) is 0 Å². The van der Waals surface area contributed by atoms with E-state index in [1.165, 1.54) is 12.8 Å². The van der Waals surface area contributed by atoms with Gasteiger partial charge in [-0.05, 0) is 30.4 Å². The Balaban J connectivity index is 0.00000300. The SMILES string of the molecule is CN=C(NCCc1nc(C(F)(F)F)cs1)NCc1ccnc(OCC2CC2)c1.I. The van der Waals surface area contributed by atoms with Crippen LogP contribution in [0, 0.1) is 5.92 Å². The number of thiazole rings is 1. The molecule has 1 fully saturated rings. The van der Waals surface area contributed by atoms with E-state index in [4.69, 9.17) is 4.74 Å². The van der Waals surface area contributed by atoms with Crippen LogP contribution in [0.25, 0.3) is 0 Å². The molecule has 0 radical (unpaired) electrons. The molecule has 0 atom stereocenters. The fourth-order valence-corrected chi connectivity index (χ4v) is 3.18. The van der Waals surface area contributed by atoms with Gasteiger partial charge in [-0.3, -0.25) is 4.99 Å². The van der Waals surface area contributed by atoms with Crippen molar-refractivity contribution in [3.8, 4) is 5.88 Å². The van der Waals surface area contributed by atoms with Crippen LogP contribution in [0.1, 0.15) is 29.1 Å². The second kappa shape index (κ2) is 11.0. The third-order valence-electron chi connectivity index (χ3n) is 4.12. The van der Waals surface area contributed by atoms with Gasteiger partial charge in [0, 0.05) is 44.2 Å².